The van der Waals surface area contributed by atoms with E-state index in [-0.39, 0.29) is 5.56 Å². The quantitative estimate of drug-likeness (QED) is 0.802. The van der Waals surface area contributed by atoms with Crippen molar-refractivity contribution in [2.24, 2.45) is 0 Å². The molecule has 0 aromatic heterocycles. The number of rotatable bonds is 3. The highest BCUT2D eigenvalue weighted by Crippen LogP contribution is 2.32. The van der Waals surface area contributed by atoms with E-state index >= 15 is 0 Å². The van der Waals surface area contributed by atoms with Crippen molar-refractivity contribution in [2.45, 2.75) is 24.6 Å². The molecular formula is C14H15F3O3. The Morgan fingerprint density at radius 3 is 2.50 bits per heavy atom. The molecule has 1 aromatic rings. The molecule has 1 aliphatic rings. The molecule has 1 fully saturated rings. The number of alkyl halides is 3. The first kappa shape index (κ1) is 15.0. The van der Waals surface area contributed by atoms with Gasteiger partial charge in [-0.05, 0) is 12.1 Å². The van der Waals surface area contributed by atoms with Gasteiger partial charge in [-0.3, -0.25) is 4.79 Å². The van der Waals surface area contributed by atoms with Gasteiger partial charge in [-0.15, -0.1) is 0 Å². The molecule has 1 aliphatic heterocycles. The summed E-state index contributed by atoms with van der Waals surface area (Å²) in [7, 11) is 1.40. The van der Waals surface area contributed by atoms with Gasteiger partial charge in [0.2, 0.25) is 0 Å². The fourth-order valence-corrected chi connectivity index (χ4v) is 2.32. The summed E-state index contributed by atoms with van der Waals surface area (Å²) in [6.45, 7) is 0.719. The predicted octanol–water partition coefficient (Wildman–Crippen LogP) is 3.08. The third-order valence-corrected chi connectivity index (χ3v) is 3.56. The summed E-state index contributed by atoms with van der Waals surface area (Å²) in [5, 5.41) is 0. The summed E-state index contributed by atoms with van der Waals surface area (Å²) in [4.78, 5) is 12.5. The number of benzene rings is 1. The van der Waals surface area contributed by atoms with Gasteiger partial charge in [0.05, 0.1) is 5.56 Å². The lowest BCUT2D eigenvalue weighted by Gasteiger charge is -2.34. The fourth-order valence-electron chi connectivity index (χ4n) is 2.32. The minimum atomic E-state index is -4.47. The zero-order valence-electron chi connectivity index (χ0n) is 11.0. The number of carbonyl (C=O) groups excluding carboxylic acids is 1. The lowest BCUT2D eigenvalue weighted by molar-refractivity contribution is -0.137. The second-order valence-electron chi connectivity index (χ2n) is 4.72. The number of halogens is 3. The number of hydrogen-bond donors (Lipinski definition) is 0. The molecule has 6 heteroatoms. The first-order valence-electron chi connectivity index (χ1n) is 6.24. The molecule has 0 bridgehead atoms. The lowest BCUT2D eigenvalue weighted by Crippen LogP contribution is -2.45. The van der Waals surface area contributed by atoms with Crippen molar-refractivity contribution in [1.82, 2.24) is 0 Å². The molecule has 20 heavy (non-hydrogen) atoms. The average molecular weight is 288 g/mol. The first-order valence-corrected chi connectivity index (χ1v) is 6.24. The molecule has 1 aromatic carbocycles. The van der Waals surface area contributed by atoms with Crippen LogP contribution in [0.5, 0.6) is 0 Å². The molecule has 0 aliphatic carbocycles. The van der Waals surface area contributed by atoms with Crippen LogP contribution in [0.1, 0.15) is 28.8 Å². The maximum Gasteiger partial charge on any atom is 0.416 e. The van der Waals surface area contributed by atoms with Crippen molar-refractivity contribution >= 4 is 5.78 Å². The van der Waals surface area contributed by atoms with Crippen LogP contribution in [0.4, 0.5) is 13.2 Å². The second-order valence-corrected chi connectivity index (χ2v) is 4.72. The van der Waals surface area contributed by atoms with Crippen LogP contribution in [0, 0.1) is 0 Å². The standard InChI is InChI=1S/C14H15F3O3/c1-19-13(5-7-20-8-6-13)12(18)10-3-2-4-11(9-10)14(15,16)17/h2-4,9H,5-8H2,1H3. The monoisotopic (exact) mass is 288 g/mol. The number of carbonyl (C=O) groups is 1. The molecule has 0 atom stereocenters. The molecule has 0 saturated carbocycles. The highest BCUT2D eigenvalue weighted by Gasteiger charge is 2.41. The third kappa shape index (κ3) is 2.86. The third-order valence-electron chi connectivity index (χ3n) is 3.56. The van der Waals surface area contributed by atoms with E-state index in [1.807, 2.05) is 0 Å². The zero-order valence-corrected chi connectivity index (χ0v) is 11.0. The summed E-state index contributed by atoms with van der Waals surface area (Å²) >= 11 is 0. The van der Waals surface area contributed by atoms with Crippen molar-refractivity contribution in [2.75, 3.05) is 20.3 Å². The van der Waals surface area contributed by atoms with E-state index in [1.54, 1.807) is 0 Å². The molecule has 0 spiro atoms. The number of ether oxygens (including phenoxy) is 2. The highest BCUT2D eigenvalue weighted by atomic mass is 19.4. The highest BCUT2D eigenvalue weighted by molar-refractivity contribution is 6.02. The van der Waals surface area contributed by atoms with Crippen LogP contribution in [0.2, 0.25) is 0 Å². The first-order chi connectivity index (χ1) is 9.39. The molecule has 1 heterocycles. The number of Topliss-reactive ketones (excluding diaryl/α,β-unsaturated/α-hetero) is 1. The zero-order chi connectivity index (χ0) is 14.8. The van der Waals surface area contributed by atoms with Crippen molar-refractivity contribution in [3.8, 4) is 0 Å². The Morgan fingerprint density at radius 1 is 1.30 bits per heavy atom. The van der Waals surface area contributed by atoms with Crippen molar-refractivity contribution in [1.29, 1.82) is 0 Å². The Hall–Kier alpha value is -1.40. The van der Waals surface area contributed by atoms with Crippen LogP contribution in [-0.2, 0) is 15.7 Å². The van der Waals surface area contributed by atoms with Gasteiger partial charge in [-0.25, -0.2) is 0 Å². The summed E-state index contributed by atoms with van der Waals surface area (Å²) in [5.41, 5.74) is -1.90. The van der Waals surface area contributed by atoms with E-state index in [9.17, 15) is 18.0 Å². The van der Waals surface area contributed by atoms with Crippen LogP contribution in [0.25, 0.3) is 0 Å². The molecular weight excluding hydrogens is 273 g/mol. The Bertz CT molecular complexity index is 491. The smallest absolute Gasteiger partial charge is 0.381 e. The van der Waals surface area contributed by atoms with Crippen molar-refractivity contribution in [3.05, 3.63) is 35.4 Å². The topological polar surface area (TPSA) is 35.5 Å². The van der Waals surface area contributed by atoms with Crippen LogP contribution >= 0.6 is 0 Å². The number of ketones is 1. The molecule has 0 unspecified atom stereocenters. The van der Waals surface area contributed by atoms with Crippen LogP contribution in [0.3, 0.4) is 0 Å². The maximum atomic E-state index is 12.7. The van der Waals surface area contributed by atoms with Gasteiger partial charge >= 0.3 is 6.18 Å². The Kier molecular flexibility index (Phi) is 4.15. The van der Waals surface area contributed by atoms with Gasteiger partial charge in [0, 0.05) is 38.7 Å². The van der Waals surface area contributed by atoms with Gasteiger partial charge < -0.3 is 9.47 Å². The number of hydrogen-bond acceptors (Lipinski definition) is 3. The largest absolute Gasteiger partial charge is 0.416 e. The summed E-state index contributed by atoms with van der Waals surface area (Å²) < 4.78 is 48.6. The normalized spacial score (nSPS) is 18.8. The van der Waals surface area contributed by atoms with Crippen LogP contribution in [-0.4, -0.2) is 31.7 Å². The summed E-state index contributed by atoms with van der Waals surface area (Å²) in [6.07, 6.45) is -3.77. The maximum absolute atomic E-state index is 12.7. The summed E-state index contributed by atoms with van der Waals surface area (Å²) in [6, 6.07) is 4.44. The van der Waals surface area contributed by atoms with E-state index in [2.05, 4.69) is 0 Å². The van der Waals surface area contributed by atoms with E-state index in [0.29, 0.717) is 26.1 Å². The van der Waals surface area contributed by atoms with Gasteiger partial charge in [0.1, 0.15) is 5.60 Å². The Morgan fingerprint density at radius 2 is 1.95 bits per heavy atom. The van der Waals surface area contributed by atoms with E-state index in [4.69, 9.17) is 9.47 Å². The molecule has 2 rings (SSSR count). The van der Waals surface area contributed by atoms with Crippen molar-refractivity contribution < 1.29 is 27.4 Å². The van der Waals surface area contributed by atoms with Crippen LogP contribution in [0.15, 0.2) is 24.3 Å². The molecule has 0 N–H and O–H groups in total. The second kappa shape index (κ2) is 5.54. The number of methoxy groups -OCH3 is 1. The average Bonchev–Trinajstić information content (AvgIpc) is 2.46. The van der Waals surface area contributed by atoms with Crippen molar-refractivity contribution in [3.63, 3.8) is 0 Å². The van der Waals surface area contributed by atoms with E-state index in [1.165, 1.54) is 19.2 Å². The van der Waals surface area contributed by atoms with E-state index < -0.39 is 23.1 Å². The van der Waals surface area contributed by atoms with Crippen LogP contribution < -0.4 is 0 Å². The Balaban J connectivity index is 2.33. The van der Waals surface area contributed by atoms with E-state index in [0.717, 1.165) is 12.1 Å². The van der Waals surface area contributed by atoms with Gasteiger partial charge in [0.25, 0.3) is 0 Å². The SMILES string of the molecule is COC1(C(=O)c2cccc(C(F)(F)F)c2)CCOCC1. The fraction of sp³-hybridized carbons (Fsp3) is 0.500. The van der Waals surface area contributed by atoms with Gasteiger partial charge in [-0.2, -0.15) is 13.2 Å². The molecule has 1 saturated heterocycles. The van der Waals surface area contributed by atoms with Gasteiger partial charge in [-0.1, -0.05) is 12.1 Å². The minimum Gasteiger partial charge on any atom is -0.381 e. The summed E-state index contributed by atoms with van der Waals surface area (Å²) in [5.74, 6) is -0.422. The minimum absolute atomic E-state index is 0.0172. The molecule has 110 valence electrons. The predicted molar refractivity (Wildman–Crippen MR) is 65.6 cm³/mol. The van der Waals surface area contributed by atoms with Gasteiger partial charge in [0.15, 0.2) is 5.78 Å². The molecule has 0 amide bonds. The lowest BCUT2D eigenvalue weighted by atomic mass is 9.85. The molecule has 0 radical (unpaired) electrons. The molecule has 3 nitrogen and oxygen atoms in total. The Labute approximate surface area is 114 Å².